The second kappa shape index (κ2) is 8.24. The molecule has 2 aliphatic rings. The van der Waals surface area contributed by atoms with Crippen molar-refractivity contribution in [2.75, 3.05) is 45.9 Å². The zero-order valence-electron chi connectivity index (χ0n) is 20.0. The van der Waals surface area contributed by atoms with Crippen molar-refractivity contribution in [1.82, 2.24) is 4.90 Å². The van der Waals surface area contributed by atoms with E-state index in [0.717, 1.165) is 23.5 Å². The van der Waals surface area contributed by atoms with Gasteiger partial charge in [-0.3, -0.25) is 10.2 Å². The first-order valence-electron chi connectivity index (χ1n) is 10.9. The molecule has 2 aliphatic heterocycles. The van der Waals surface area contributed by atoms with Crippen LogP contribution in [0, 0.1) is 11.2 Å². The standard InChI is InChI=1S/C25H30FN3O4/c1-25(2,3)16-9-14(10-17-22(16)33-8-7-28(17)4)18(30)13-29-12-15-11-19(31-5)23(32-6)21(26)20(15)24(29)27/h9-11,27H,7-8,12-13H2,1-6H3. The third kappa shape index (κ3) is 3.87. The molecule has 0 spiro atoms. The van der Waals surface area contributed by atoms with Crippen LogP contribution in [0.5, 0.6) is 17.2 Å². The summed E-state index contributed by atoms with van der Waals surface area (Å²) in [6, 6.07) is 5.41. The van der Waals surface area contributed by atoms with Gasteiger partial charge >= 0.3 is 0 Å². The number of ketones is 1. The number of benzene rings is 2. The number of nitrogens with one attached hydrogen (secondary N) is 1. The average molecular weight is 456 g/mol. The minimum atomic E-state index is -0.644. The molecule has 0 unspecified atom stereocenters. The highest BCUT2D eigenvalue weighted by atomic mass is 19.1. The van der Waals surface area contributed by atoms with Gasteiger partial charge in [0.1, 0.15) is 18.2 Å². The number of rotatable bonds is 5. The van der Waals surface area contributed by atoms with Crippen LogP contribution in [-0.4, -0.2) is 57.5 Å². The molecule has 0 amide bonds. The Bertz CT molecular complexity index is 1140. The number of fused-ring (bicyclic) bond motifs is 2. The maximum absolute atomic E-state index is 15.0. The number of halogens is 1. The van der Waals surface area contributed by atoms with Crippen molar-refractivity contribution in [3.05, 3.63) is 46.3 Å². The molecular formula is C25H30FN3O4. The number of carbonyl (C=O) groups is 1. The summed E-state index contributed by atoms with van der Waals surface area (Å²) in [6.07, 6.45) is 0. The SMILES string of the molecule is COc1cc2c(c(F)c1OC)C(=N)N(CC(=O)c1cc3c(c(C(C)(C)C)c1)OCCN3C)C2. The summed E-state index contributed by atoms with van der Waals surface area (Å²) in [4.78, 5) is 17.0. The lowest BCUT2D eigenvalue weighted by Gasteiger charge is -2.33. The number of Topliss-reactive ketones (excluding diaryl/α,β-unsaturated/α-hetero) is 1. The Morgan fingerprint density at radius 1 is 1.21 bits per heavy atom. The maximum atomic E-state index is 15.0. The maximum Gasteiger partial charge on any atom is 0.197 e. The van der Waals surface area contributed by atoms with Crippen molar-refractivity contribution in [2.24, 2.45) is 0 Å². The largest absolute Gasteiger partial charge is 0.493 e. The number of ether oxygens (including phenoxy) is 3. The monoisotopic (exact) mass is 455 g/mol. The first kappa shape index (κ1) is 22.9. The second-order valence-electron chi connectivity index (χ2n) is 9.48. The topological polar surface area (TPSA) is 75.1 Å². The number of carbonyl (C=O) groups excluding carboxylic acids is 1. The Labute approximate surface area is 193 Å². The molecule has 0 atom stereocenters. The number of amidine groups is 1. The van der Waals surface area contributed by atoms with E-state index in [4.69, 9.17) is 19.6 Å². The van der Waals surface area contributed by atoms with E-state index < -0.39 is 5.82 Å². The first-order chi connectivity index (χ1) is 15.6. The minimum Gasteiger partial charge on any atom is -0.493 e. The molecule has 0 bridgehead atoms. The minimum absolute atomic E-state index is 0.0359. The quantitative estimate of drug-likeness (QED) is 0.687. The number of nitrogens with zero attached hydrogens (tertiary/aromatic N) is 2. The number of hydrogen-bond donors (Lipinski definition) is 1. The van der Waals surface area contributed by atoms with Crippen molar-refractivity contribution in [2.45, 2.75) is 32.7 Å². The van der Waals surface area contributed by atoms with Crippen molar-refractivity contribution in [3.8, 4) is 17.2 Å². The smallest absolute Gasteiger partial charge is 0.197 e. The van der Waals surface area contributed by atoms with Gasteiger partial charge in [-0.15, -0.1) is 0 Å². The molecule has 2 aromatic carbocycles. The van der Waals surface area contributed by atoms with E-state index in [1.807, 2.05) is 19.2 Å². The molecule has 8 heteroatoms. The molecule has 2 aromatic rings. The van der Waals surface area contributed by atoms with Gasteiger partial charge in [-0.25, -0.2) is 4.39 Å². The van der Waals surface area contributed by atoms with E-state index in [2.05, 4.69) is 25.7 Å². The Kier molecular flexibility index (Phi) is 5.72. The van der Waals surface area contributed by atoms with Crippen molar-refractivity contribution in [1.29, 1.82) is 5.41 Å². The molecule has 0 aromatic heterocycles. The van der Waals surface area contributed by atoms with Crippen molar-refractivity contribution < 1.29 is 23.4 Å². The summed E-state index contributed by atoms with van der Waals surface area (Å²) < 4.78 is 31.4. The lowest BCUT2D eigenvalue weighted by Crippen LogP contribution is -2.33. The van der Waals surface area contributed by atoms with Crippen LogP contribution in [-0.2, 0) is 12.0 Å². The highest BCUT2D eigenvalue weighted by Gasteiger charge is 2.34. The fourth-order valence-corrected chi connectivity index (χ4v) is 4.40. The summed E-state index contributed by atoms with van der Waals surface area (Å²) in [6.45, 7) is 7.81. The van der Waals surface area contributed by atoms with Crippen molar-refractivity contribution in [3.63, 3.8) is 0 Å². The fraction of sp³-hybridized carbons (Fsp3) is 0.440. The number of methoxy groups -OCH3 is 2. The van der Waals surface area contributed by atoms with E-state index in [1.165, 1.54) is 14.2 Å². The predicted octanol–water partition coefficient (Wildman–Crippen LogP) is 3.99. The lowest BCUT2D eigenvalue weighted by atomic mass is 9.84. The zero-order chi connectivity index (χ0) is 24.1. The molecule has 2 heterocycles. The third-order valence-electron chi connectivity index (χ3n) is 6.23. The van der Waals surface area contributed by atoms with Gasteiger partial charge in [-0.2, -0.15) is 0 Å². The van der Waals surface area contributed by atoms with E-state index in [1.54, 1.807) is 11.0 Å². The summed E-state index contributed by atoms with van der Waals surface area (Å²) in [7, 11) is 4.78. The number of anilines is 1. The number of likely N-dealkylation sites (N-methyl/N-ethyl adjacent to an activating group) is 1. The van der Waals surface area contributed by atoms with Crippen LogP contribution >= 0.6 is 0 Å². The molecule has 4 rings (SSSR count). The molecule has 0 fully saturated rings. The second-order valence-corrected chi connectivity index (χ2v) is 9.48. The number of hydrogen-bond acceptors (Lipinski definition) is 6. The zero-order valence-corrected chi connectivity index (χ0v) is 20.0. The Balaban J connectivity index is 1.66. The summed E-state index contributed by atoms with van der Waals surface area (Å²) in [5.41, 5.74) is 2.93. The molecule has 0 saturated carbocycles. The van der Waals surface area contributed by atoms with Crippen LogP contribution in [0.25, 0.3) is 0 Å². The molecule has 0 saturated heterocycles. The molecule has 0 aliphatic carbocycles. The summed E-state index contributed by atoms with van der Waals surface area (Å²) in [5, 5.41) is 8.52. The van der Waals surface area contributed by atoms with Crippen LogP contribution in [0.3, 0.4) is 0 Å². The Morgan fingerprint density at radius 3 is 2.58 bits per heavy atom. The van der Waals surface area contributed by atoms with Gasteiger partial charge in [0.15, 0.2) is 23.1 Å². The normalized spacial score (nSPS) is 15.2. The molecule has 33 heavy (non-hydrogen) atoms. The molecule has 7 nitrogen and oxygen atoms in total. The van der Waals surface area contributed by atoms with Crippen LogP contribution in [0.15, 0.2) is 18.2 Å². The Hall–Kier alpha value is -3.29. The van der Waals surface area contributed by atoms with Gasteiger partial charge in [0.05, 0.1) is 38.6 Å². The Morgan fingerprint density at radius 2 is 1.94 bits per heavy atom. The van der Waals surface area contributed by atoms with Gasteiger partial charge in [-0.05, 0) is 29.2 Å². The van der Waals surface area contributed by atoms with Crippen molar-refractivity contribution >= 4 is 17.3 Å². The van der Waals surface area contributed by atoms with E-state index >= 15 is 4.39 Å². The van der Waals surface area contributed by atoms with Gasteiger partial charge in [0.25, 0.3) is 0 Å². The molecule has 1 N–H and O–H groups in total. The highest BCUT2D eigenvalue weighted by Crippen LogP contribution is 2.42. The van der Waals surface area contributed by atoms with E-state index in [0.29, 0.717) is 17.7 Å². The first-order valence-corrected chi connectivity index (χ1v) is 10.9. The lowest BCUT2D eigenvalue weighted by molar-refractivity contribution is 0.0962. The van der Waals surface area contributed by atoms with Crippen LogP contribution in [0.1, 0.15) is 47.8 Å². The van der Waals surface area contributed by atoms with Gasteiger partial charge in [-0.1, -0.05) is 20.8 Å². The predicted molar refractivity (Wildman–Crippen MR) is 125 cm³/mol. The average Bonchev–Trinajstić information content (AvgIpc) is 3.07. The van der Waals surface area contributed by atoms with Gasteiger partial charge in [0, 0.05) is 24.7 Å². The highest BCUT2D eigenvalue weighted by molar-refractivity contribution is 6.06. The van der Waals surface area contributed by atoms with E-state index in [9.17, 15) is 4.79 Å². The summed E-state index contributed by atoms with van der Waals surface area (Å²) >= 11 is 0. The van der Waals surface area contributed by atoms with E-state index in [-0.39, 0.29) is 47.2 Å². The van der Waals surface area contributed by atoms with Crippen LogP contribution in [0.4, 0.5) is 10.1 Å². The summed E-state index contributed by atoms with van der Waals surface area (Å²) in [5.74, 6) is 0.221. The molecular weight excluding hydrogens is 425 g/mol. The van der Waals surface area contributed by atoms with Gasteiger partial charge < -0.3 is 24.0 Å². The fourth-order valence-electron chi connectivity index (χ4n) is 4.40. The van der Waals surface area contributed by atoms with Crippen LogP contribution < -0.4 is 19.1 Å². The van der Waals surface area contributed by atoms with Gasteiger partial charge in [0.2, 0.25) is 0 Å². The molecule has 0 radical (unpaired) electrons. The third-order valence-corrected chi connectivity index (χ3v) is 6.23. The van der Waals surface area contributed by atoms with Crippen LogP contribution in [0.2, 0.25) is 0 Å². The molecule has 176 valence electrons.